The molecule has 0 bridgehead atoms. The van der Waals surface area contributed by atoms with E-state index in [4.69, 9.17) is 0 Å². The first-order valence-corrected chi connectivity index (χ1v) is 11.9. The normalized spacial score (nSPS) is 14.2. The average Bonchev–Trinajstić information content (AvgIpc) is 3.48. The van der Waals surface area contributed by atoms with E-state index in [-0.39, 0.29) is 0 Å². The highest BCUT2D eigenvalue weighted by molar-refractivity contribution is 5.72. The first-order chi connectivity index (χ1) is 15.7. The zero-order valence-electron chi connectivity index (χ0n) is 19.2. The van der Waals surface area contributed by atoms with Crippen molar-refractivity contribution in [1.29, 1.82) is 0 Å². The highest BCUT2D eigenvalue weighted by Crippen LogP contribution is 2.36. The van der Waals surface area contributed by atoms with Crippen molar-refractivity contribution in [1.82, 2.24) is 9.13 Å². The molecule has 0 saturated carbocycles. The maximum atomic E-state index is 3.85. The lowest BCUT2D eigenvalue weighted by Gasteiger charge is -2.22. The minimum Gasteiger partial charge on any atom is -0.344 e. The summed E-state index contributed by atoms with van der Waals surface area (Å²) >= 11 is 0. The quantitative estimate of drug-likeness (QED) is 0.323. The summed E-state index contributed by atoms with van der Waals surface area (Å²) in [7, 11) is 0. The molecule has 0 spiro atoms. The van der Waals surface area contributed by atoms with Gasteiger partial charge >= 0.3 is 0 Å². The third-order valence-corrected chi connectivity index (χ3v) is 7.13. The smallest absolute Gasteiger partial charge is 0.0556 e. The van der Waals surface area contributed by atoms with Gasteiger partial charge in [0.05, 0.1) is 11.4 Å². The Balaban J connectivity index is 0.000000136. The van der Waals surface area contributed by atoms with Crippen LogP contribution < -0.4 is 0 Å². The first-order valence-electron chi connectivity index (χ1n) is 11.9. The maximum Gasteiger partial charge on any atom is 0.0556 e. The van der Waals surface area contributed by atoms with Crippen LogP contribution in [0.25, 0.3) is 28.7 Å². The number of benzene rings is 2. The summed E-state index contributed by atoms with van der Waals surface area (Å²) in [6.07, 6.45) is 12.1. The number of rotatable bonds is 3. The van der Waals surface area contributed by atoms with Gasteiger partial charge in [-0.2, -0.15) is 0 Å². The molecule has 0 fully saturated rings. The van der Waals surface area contributed by atoms with Crippen LogP contribution in [-0.4, -0.2) is 9.13 Å². The number of aromatic nitrogens is 2. The summed E-state index contributed by atoms with van der Waals surface area (Å²) in [5.41, 5.74) is 11.5. The number of hydrogen-bond acceptors (Lipinski definition) is 0. The summed E-state index contributed by atoms with van der Waals surface area (Å²) in [6.45, 7) is 8.41. The van der Waals surface area contributed by atoms with E-state index in [0.717, 1.165) is 12.8 Å². The third kappa shape index (κ3) is 3.54. The second kappa shape index (κ2) is 8.70. The van der Waals surface area contributed by atoms with Gasteiger partial charge in [0.15, 0.2) is 0 Å². The van der Waals surface area contributed by atoms with Gasteiger partial charge in [0, 0.05) is 35.8 Å². The van der Waals surface area contributed by atoms with Crippen LogP contribution in [0.15, 0.2) is 79.6 Å². The van der Waals surface area contributed by atoms with E-state index in [9.17, 15) is 0 Å². The molecule has 2 heterocycles. The van der Waals surface area contributed by atoms with Crippen LogP contribution in [0.1, 0.15) is 48.6 Å². The highest BCUT2D eigenvalue weighted by Gasteiger charge is 2.21. The molecule has 0 aliphatic heterocycles. The summed E-state index contributed by atoms with van der Waals surface area (Å²) < 4.78 is 4.57. The Morgan fingerprint density at radius 1 is 0.750 bits per heavy atom. The van der Waals surface area contributed by atoms with Gasteiger partial charge in [0.2, 0.25) is 0 Å². The van der Waals surface area contributed by atoms with Crippen molar-refractivity contribution in [2.75, 3.05) is 0 Å². The molecule has 6 rings (SSSR count). The summed E-state index contributed by atoms with van der Waals surface area (Å²) in [6, 6.07) is 22.6. The molecule has 0 amide bonds. The molecule has 0 N–H and O–H groups in total. The molecule has 2 heteroatoms. The lowest BCUT2D eigenvalue weighted by atomic mass is 9.90. The molecule has 32 heavy (non-hydrogen) atoms. The van der Waals surface area contributed by atoms with Crippen molar-refractivity contribution in [3.8, 4) is 22.5 Å². The molecule has 2 aromatic heterocycles. The molecule has 4 aromatic rings. The fourth-order valence-electron chi connectivity index (χ4n) is 5.20. The van der Waals surface area contributed by atoms with Crippen LogP contribution in [0.3, 0.4) is 0 Å². The summed E-state index contributed by atoms with van der Waals surface area (Å²) in [4.78, 5) is 0. The fourth-order valence-corrected chi connectivity index (χ4v) is 5.20. The van der Waals surface area contributed by atoms with E-state index in [1.54, 1.807) is 0 Å². The number of fused-ring (bicyclic) bond motifs is 6. The molecular formula is C30H32N2. The van der Waals surface area contributed by atoms with Crippen molar-refractivity contribution in [2.45, 2.75) is 52.0 Å². The Hall–Kier alpha value is -3.26. The fraction of sp³-hybridized carbons (Fsp3) is 0.267. The Labute approximate surface area is 191 Å². The van der Waals surface area contributed by atoms with Gasteiger partial charge in [0.1, 0.15) is 0 Å². The van der Waals surface area contributed by atoms with E-state index < -0.39 is 0 Å². The predicted molar refractivity (Wildman–Crippen MR) is 136 cm³/mol. The molecule has 2 nitrogen and oxygen atoms in total. The largest absolute Gasteiger partial charge is 0.344 e. The molecule has 1 unspecified atom stereocenters. The molecular weight excluding hydrogens is 388 g/mol. The monoisotopic (exact) mass is 420 g/mol. The third-order valence-electron chi connectivity index (χ3n) is 7.13. The van der Waals surface area contributed by atoms with E-state index in [1.807, 2.05) is 6.20 Å². The van der Waals surface area contributed by atoms with Crippen LogP contribution in [0, 0.1) is 0 Å². The first kappa shape index (κ1) is 20.6. The molecule has 2 aliphatic carbocycles. The Kier molecular flexibility index (Phi) is 5.61. The zero-order chi connectivity index (χ0) is 22.1. The van der Waals surface area contributed by atoms with Crippen molar-refractivity contribution < 1.29 is 0 Å². The van der Waals surface area contributed by atoms with Crippen LogP contribution in [-0.2, 0) is 25.7 Å². The standard InChI is InChI=1S/C16H19N.C14H13N/c1-3-12(2)17-11-10-14-9-8-13-6-4-5-7-15(13)16(14)17;1-2-15-10-9-12-8-7-11-5-3-4-6-13(11)14(12)15/h4-7,10-12H,3,8-9H2,1-2H3;2-6,9-10H,1,7-8H2. The van der Waals surface area contributed by atoms with Crippen molar-refractivity contribution >= 4 is 6.20 Å². The van der Waals surface area contributed by atoms with Gasteiger partial charge in [-0.3, -0.25) is 0 Å². The highest BCUT2D eigenvalue weighted by atomic mass is 15.0. The van der Waals surface area contributed by atoms with Gasteiger partial charge in [0.25, 0.3) is 0 Å². The van der Waals surface area contributed by atoms with Crippen LogP contribution in [0.5, 0.6) is 0 Å². The maximum absolute atomic E-state index is 3.85. The Bertz CT molecular complexity index is 1250. The van der Waals surface area contributed by atoms with Crippen molar-refractivity contribution in [3.05, 3.63) is 102 Å². The average molecular weight is 421 g/mol. The Morgan fingerprint density at radius 3 is 1.91 bits per heavy atom. The number of hydrogen-bond donors (Lipinski definition) is 0. The lowest BCUT2D eigenvalue weighted by molar-refractivity contribution is 0.536. The summed E-state index contributed by atoms with van der Waals surface area (Å²) in [5.74, 6) is 0. The molecule has 0 saturated heterocycles. The topological polar surface area (TPSA) is 9.86 Å². The predicted octanol–water partition coefficient (Wildman–Crippen LogP) is 7.58. The van der Waals surface area contributed by atoms with Gasteiger partial charge in [-0.05, 0) is 73.4 Å². The summed E-state index contributed by atoms with van der Waals surface area (Å²) in [5, 5.41) is 0. The van der Waals surface area contributed by atoms with Crippen molar-refractivity contribution in [2.24, 2.45) is 0 Å². The molecule has 1 atom stereocenters. The van der Waals surface area contributed by atoms with Crippen LogP contribution >= 0.6 is 0 Å². The second-order valence-corrected chi connectivity index (χ2v) is 8.95. The van der Waals surface area contributed by atoms with E-state index in [2.05, 4.69) is 103 Å². The molecule has 0 radical (unpaired) electrons. The van der Waals surface area contributed by atoms with Gasteiger partial charge in [-0.25, -0.2) is 0 Å². The van der Waals surface area contributed by atoms with Crippen LogP contribution in [0.4, 0.5) is 0 Å². The second-order valence-electron chi connectivity index (χ2n) is 8.95. The SMILES string of the molecule is C=Cn1ccc2c1-c1ccccc1CC2.CCC(C)n1ccc2c1-c1ccccc1CC2. The Morgan fingerprint density at radius 2 is 1.28 bits per heavy atom. The van der Waals surface area contributed by atoms with Crippen molar-refractivity contribution in [3.63, 3.8) is 0 Å². The van der Waals surface area contributed by atoms with Gasteiger partial charge in [-0.15, -0.1) is 0 Å². The van der Waals surface area contributed by atoms with Gasteiger partial charge < -0.3 is 9.13 Å². The van der Waals surface area contributed by atoms with E-state index >= 15 is 0 Å². The van der Waals surface area contributed by atoms with E-state index in [0.29, 0.717) is 6.04 Å². The minimum absolute atomic E-state index is 0.588. The minimum atomic E-state index is 0.588. The lowest BCUT2D eigenvalue weighted by Crippen LogP contribution is -2.09. The molecule has 2 aliphatic rings. The van der Waals surface area contributed by atoms with Gasteiger partial charge in [-0.1, -0.05) is 62.0 Å². The molecule has 2 aromatic carbocycles. The van der Waals surface area contributed by atoms with E-state index in [1.165, 1.54) is 64.0 Å². The molecule has 162 valence electrons. The van der Waals surface area contributed by atoms with Crippen LogP contribution in [0.2, 0.25) is 0 Å². The number of nitrogens with zero attached hydrogens (tertiary/aromatic N) is 2. The zero-order valence-corrected chi connectivity index (χ0v) is 19.2. The number of aryl methyl sites for hydroxylation is 4.